The van der Waals surface area contributed by atoms with Crippen LogP contribution in [0.4, 0.5) is 0 Å². The minimum Gasteiger partial charge on any atom is -0.480 e. The van der Waals surface area contributed by atoms with Crippen LogP contribution in [0.5, 0.6) is 0 Å². The molecule has 0 aliphatic rings. The number of aromatic amines is 1. The maximum absolute atomic E-state index is 12.7. The Morgan fingerprint density at radius 2 is 1.74 bits per heavy atom. The molecule has 0 fully saturated rings. The molecule has 1 heterocycles. The number of carboxylic acid groups (broad SMARTS) is 1. The molecule has 1 aromatic heterocycles. The molecule has 0 radical (unpaired) electrons. The molecule has 0 spiro atoms. The van der Waals surface area contributed by atoms with Gasteiger partial charge in [-0.3, -0.25) is 24.0 Å². The van der Waals surface area contributed by atoms with E-state index in [1.54, 1.807) is 6.20 Å². The largest absolute Gasteiger partial charge is 0.480 e. The molecule has 0 aliphatic carbocycles. The van der Waals surface area contributed by atoms with Crippen molar-refractivity contribution in [2.75, 3.05) is 13.1 Å². The summed E-state index contributed by atoms with van der Waals surface area (Å²) in [5.41, 5.74) is 12.3. The zero-order valence-corrected chi connectivity index (χ0v) is 16.5. The summed E-state index contributed by atoms with van der Waals surface area (Å²) < 4.78 is 0. The molecule has 2 aromatic rings. The van der Waals surface area contributed by atoms with E-state index >= 15 is 0 Å². The lowest BCUT2D eigenvalue weighted by Crippen LogP contribution is -2.54. The van der Waals surface area contributed by atoms with E-state index in [0.717, 1.165) is 16.5 Å². The number of rotatable bonds is 11. The summed E-state index contributed by atoms with van der Waals surface area (Å²) in [4.78, 5) is 61.2. The third kappa shape index (κ3) is 7.12. The van der Waals surface area contributed by atoms with Crippen LogP contribution in [0.15, 0.2) is 30.5 Å². The van der Waals surface area contributed by atoms with Crippen molar-refractivity contribution < 1.29 is 29.1 Å². The van der Waals surface area contributed by atoms with E-state index in [1.165, 1.54) is 0 Å². The Labute approximate surface area is 176 Å². The predicted molar refractivity (Wildman–Crippen MR) is 109 cm³/mol. The molecule has 2 rings (SSSR count). The van der Waals surface area contributed by atoms with Crippen LogP contribution in [0.3, 0.4) is 0 Å². The van der Waals surface area contributed by atoms with E-state index in [0.29, 0.717) is 0 Å². The lowest BCUT2D eigenvalue weighted by atomic mass is 10.0. The first-order valence-electron chi connectivity index (χ1n) is 9.32. The number of para-hydroxylation sites is 1. The lowest BCUT2D eigenvalue weighted by molar-refractivity contribution is -0.138. The maximum Gasteiger partial charge on any atom is 0.322 e. The van der Waals surface area contributed by atoms with Gasteiger partial charge in [0.2, 0.25) is 23.6 Å². The topological polar surface area (TPSA) is 209 Å². The van der Waals surface area contributed by atoms with Crippen LogP contribution < -0.4 is 27.4 Å². The Morgan fingerprint density at radius 1 is 1.03 bits per heavy atom. The summed E-state index contributed by atoms with van der Waals surface area (Å²) in [6.45, 7) is -1.08. The molecule has 0 aliphatic heterocycles. The number of fused-ring (bicyclic) bond motifs is 1. The zero-order valence-electron chi connectivity index (χ0n) is 16.5. The summed E-state index contributed by atoms with van der Waals surface area (Å²) in [6.07, 6.45) is 1.37. The molecule has 12 heteroatoms. The van der Waals surface area contributed by atoms with Crippen LogP contribution in [-0.2, 0) is 30.4 Å². The van der Waals surface area contributed by atoms with E-state index in [1.807, 2.05) is 24.3 Å². The minimum absolute atomic E-state index is 0.0711. The number of primary amides is 1. The van der Waals surface area contributed by atoms with Crippen molar-refractivity contribution in [3.8, 4) is 0 Å². The minimum atomic E-state index is -1.24. The summed E-state index contributed by atoms with van der Waals surface area (Å²) in [7, 11) is 0. The predicted octanol–water partition coefficient (Wildman–Crippen LogP) is -2.29. The summed E-state index contributed by atoms with van der Waals surface area (Å²) in [5, 5.41) is 16.4. The fourth-order valence-corrected chi connectivity index (χ4v) is 2.85. The molecule has 2 atom stereocenters. The number of carbonyl (C=O) groups is 5. The van der Waals surface area contributed by atoms with Gasteiger partial charge in [-0.15, -0.1) is 0 Å². The zero-order chi connectivity index (χ0) is 23.0. The van der Waals surface area contributed by atoms with Gasteiger partial charge >= 0.3 is 5.97 Å². The van der Waals surface area contributed by atoms with Gasteiger partial charge in [0.15, 0.2) is 0 Å². The van der Waals surface area contributed by atoms with Crippen LogP contribution in [0.1, 0.15) is 12.0 Å². The Kier molecular flexibility index (Phi) is 8.09. The highest BCUT2D eigenvalue weighted by Crippen LogP contribution is 2.19. The van der Waals surface area contributed by atoms with Crippen LogP contribution in [0.2, 0.25) is 0 Å². The maximum atomic E-state index is 12.7. The molecule has 1 aromatic carbocycles. The Morgan fingerprint density at radius 3 is 2.42 bits per heavy atom. The van der Waals surface area contributed by atoms with Crippen molar-refractivity contribution in [1.82, 2.24) is 20.9 Å². The molecule has 2 unspecified atom stereocenters. The summed E-state index contributed by atoms with van der Waals surface area (Å²) >= 11 is 0. The molecule has 31 heavy (non-hydrogen) atoms. The highest BCUT2D eigenvalue weighted by atomic mass is 16.4. The molecule has 9 N–H and O–H groups in total. The van der Waals surface area contributed by atoms with Crippen molar-refractivity contribution in [2.24, 2.45) is 11.5 Å². The third-order valence-electron chi connectivity index (χ3n) is 4.35. The average Bonchev–Trinajstić information content (AvgIpc) is 3.12. The van der Waals surface area contributed by atoms with Crippen molar-refractivity contribution in [3.63, 3.8) is 0 Å². The first-order chi connectivity index (χ1) is 14.7. The Bertz CT molecular complexity index is 987. The SMILES string of the molecule is NC(=O)CC(N)C(=O)NC(Cc1c[nH]c2ccccc12)C(=O)NCC(=O)NCC(=O)O. The summed E-state index contributed by atoms with van der Waals surface area (Å²) in [6, 6.07) is 5.00. The second-order valence-corrected chi connectivity index (χ2v) is 6.79. The molecule has 0 saturated heterocycles. The number of amides is 4. The molecule has 4 amide bonds. The second kappa shape index (κ2) is 10.7. The van der Waals surface area contributed by atoms with Gasteiger partial charge in [-0.1, -0.05) is 18.2 Å². The van der Waals surface area contributed by atoms with Crippen LogP contribution in [0, 0.1) is 0 Å². The van der Waals surface area contributed by atoms with Gasteiger partial charge in [-0.2, -0.15) is 0 Å². The van der Waals surface area contributed by atoms with Gasteiger partial charge in [0, 0.05) is 23.5 Å². The number of hydrogen-bond donors (Lipinski definition) is 7. The Balaban J connectivity index is 2.11. The van der Waals surface area contributed by atoms with Crippen molar-refractivity contribution in [3.05, 3.63) is 36.0 Å². The first kappa shape index (κ1) is 23.3. The highest BCUT2D eigenvalue weighted by Gasteiger charge is 2.26. The second-order valence-electron chi connectivity index (χ2n) is 6.79. The highest BCUT2D eigenvalue weighted by molar-refractivity contribution is 5.94. The van der Waals surface area contributed by atoms with E-state index < -0.39 is 61.2 Å². The molecule has 12 nitrogen and oxygen atoms in total. The molecular formula is C19H24N6O6. The standard InChI is InChI=1S/C19H24N6O6/c20-12(6-15(21)26)18(30)25-14(19(31)24-8-16(27)23-9-17(28)29)5-10-7-22-13-4-2-1-3-11(10)13/h1-4,7,12,14,22H,5-6,8-9,20H2,(H2,21,26)(H,23,27)(H,24,31)(H,25,30)(H,28,29). The van der Waals surface area contributed by atoms with Crippen molar-refractivity contribution >= 4 is 40.5 Å². The fraction of sp³-hybridized carbons (Fsp3) is 0.316. The molecule has 166 valence electrons. The molecule has 0 bridgehead atoms. The van der Waals surface area contributed by atoms with E-state index in [9.17, 15) is 24.0 Å². The monoisotopic (exact) mass is 432 g/mol. The molecule has 0 saturated carbocycles. The van der Waals surface area contributed by atoms with Crippen LogP contribution in [0.25, 0.3) is 10.9 Å². The van der Waals surface area contributed by atoms with Gasteiger partial charge in [0.05, 0.1) is 19.0 Å². The number of nitrogens with two attached hydrogens (primary N) is 2. The summed E-state index contributed by atoms with van der Waals surface area (Å²) in [5.74, 6) is -4.15. The van der Waals surface area contributed by atoms with Gasteiger partial charge in [-0.25, -0.2) is 0 Å². The smallest absolute Gasteiger partial charge is 0.322 e. The van der Waals surface area contributed by atoms with E-state index in [-0.39, 0.29) is 6.42 Å². The number of hydrogen-bond acceptors (Lipinski definition) is 6. The van der Waals surface area contributed by atoms with Crippen LogP contribution >= 0.6 is 0 Å². The first-order valence-corrected chi connectivity index (χ1v) is 9.32. The van der Waals surface area contributed by atoms with Gasteiger partial charge < -0.3 is 37.5 Å². The number of carboxylic acids is 1. The normalized spacial score (nSPS) is 12.5. The van der Waals surface area contributed by atoms with Crippen LogP contribution in [-0.4, -0.2) is 64.9 Å². The van der Waals surface area contributed by atoms with Gasteiger partial charge in [-0.05, 0) is 11.6 Å². The number of carbonyl (C=O) groups excluding carboxylic acids is 4. The lowest BCUT2D eigenvalue weighted by Gasteiger charge is -2.20. The number of aliphatic carboxylic acids is 1. The van der Waals surface area contributed by atoms with Crippen molar-refractivity contribution in [1.29, 1.82) is 0 Å². The molecular weight excluding hydrogens is 408 g/mol. The van der Waals surface area contributed by atoms with E-state index in [4.69, 9.17) is 16.6 Å². The number of nitrogens with one attached hydrogen (secondary N) is 4. The number of aromatic nitrogens is 1. The number of H-pyrrole nitrogens is 1. The van der Waals surface area contributed by atoms with Crippen molar-refractivity contribution in [2.45, 2.75) is 24.9 Å². The van der Waals surface area contributed by atoms with Gasteiger partial charge in [0.1, 0.15) is 12.6 Å². The number of benzene rings is 1. The average molecular weight is 432 g/mol. The third-order valence-corrected chi connectivity index (χ3v) is 4.35. The quantitative estimate of drug-likeness (QED) is 0.206. The fourth-order valence-electron chi connectivity index (χ4n) is 2.85. The van der Waals surface area contributed by atoms with E-state index in [2.05, 4.69) is 20.9 Å². The van der Waals surface area contributed by atoms with Gasteiger partial charge in [0.25, 0.3) is 0 Å². The Hall–Kier alpha value is -3.93.